The Morgan fingerprint density at radius 2 is 2.07 bits per heavy atom. The molecule has 0 radical (unpaired) electrons. The lowest BCUT2D eigenvalue weighted by Crippen LogP contribution is -2.17. The second-order valence-electron chi connectivity index (χ2n) is 3.71. The lowest BCUT2D eigenvalue weighted by atomic mass is 10.1. The zero-order valence-electron chi connectivity index (χ0n) is 9.21. The van der Waals surface area contributed by atoms with E-state index < -0.39 is 0 Å². The van der Waals surface area contributed by atoms with Gasteiger partial charge in [-0.15, -0.1) is 0 Å². The Kier molecular flexibility index (Phi) is 4.08. The second kappa shape index (κ2) is 4.89. The number of halogens is 1. The van der Waals surface area contributed by atoms with Crippen LogP contribution in [0.1, 0.15) is 31.1 Å². The van der Waals surface area contributed by atoms with Crippen LogP contribution in [0, 0.1) is 0 Å². The number of nitrogens with zero attached hydrogens (tertiary/aromatic N) is 2. The first-order chi connectivity index (χ1) is 6.54. The molecule has 1 atom stereocenters. The van der Waals surface area contributed by atoms with Crippen LogP contribution in [0.2, 0.25) is 0 Å². The van der Waals surface area contributed by atoms with Gasteiger partial charge in [-0.3, -0.25) is 0 Å². The van der Waals surface area contributed by atoms with Crippen LogP contribution in [0.5, 0.6) is 0 Å². The minimum atomic E-state index is 0.430. The van der Waals surface area contributed by atoms with Crippen molar-refractivity contribution in [3.8, 4) is 0 Å². The minimum Gasteiger partial charge on any atom is -0.303 e. The topological polar surface area (TPSA) is 16.1 Å². The molecular weight excluding hydrogens is 240 g/mol. The summed E-state index contributed by atoms with van der Waals surface area (Å²) in [5, 5.41) is 0. The van der Waals surface area contributed by atoms with Crippen LogP contribution < -0.4 is 0 Å². The quantitative estimate of drug-likeness (QED) is 0.774. The Balaban J connectivity index is 3.02. The lowest BCUT2D eigenvalue weighted by Gasteiger charge is -2.20. The molecule has 2 nitrogen and oxygen atoms in total. The summed E-state index contributed by atoms with van der Waals surface area (Å²) in [5.41, 5.74) is 2.46. The molecule has 0 N–H and O–H groups in total. The van der Waals surface area contributed by atoms with Gasteiger partial charge in [0.15, 0.2) is 0 Å². The molecule has 0 amide bonds. The number of aromatic nitrogens is 1. The smallest absolute Gasteiger partial charge is 0.106 e. The molecule has 0 saturated heterocycles. The molecule has 0 bridgehead atoms. The maximum absolute atomic E-state index is 4.39. The first kappa shape index (κ1) is 11.7. The zero-order chi connectivity index (χ0) is 10.7. The van der Waals surface area contributed by atoms with Crippen LogP contribution >= 0.6 is 15.9 Å². The molecule has 0 saturated carbocycles. The highest BCUT2D eigenvalue weighted by molar-refractivity contribution is 9.10. The van der Waals surface area contributed by atoms with Crippen molar-refractivity contribution < 1.29 is 0 Å². The second-order valence-corrected chi connectivity index (χ2v) is 4.52. The van der Waals surface area contributed by atoms with Crippen LogP contribution in [0.25, 0.3) is 0 Å². The number of rotatable bonds is 3. The molecule has 0 spiro atoms. The van der Waals surface area contributed by atoms with E-state index in [1.165, 1.54) is 5.56 Å². The fourth-order valence-corrected chi connectivity index (χ4v) is 1.79. The van der Waals surface area contributed by atoms with E-state index in [2.05, 4.69) is 65.9 Å². The molecule has 78 valence electrons. The third kappa shape index (κ3) is 2.79. The summed E-state index contributed by atoms with van der Waals surface area (Å²) in [4.78, 5) is 6.59. The van der Waals surface area contributed by atoms with E-state index in [0.29, 0.717) is 6.04 Å². The van der Waals surface area contributed by atoms with Gasteiger partial charge in [0.05, 0.1) is 0 Å². The molecule has 0 aliphatic carbocycles. The van der Waals surface area contributed by atoms with Crippen LogP contribution in [-0.2, 0) is 6.42 Å². The van der Waals surface area contributed by atoms with Gasteiger partial charge in [-0.25, -0.2) is 4.98 Å². The highest BCUT2D eigenvalue weighted by Crippen LogP contribution is 2.21. The predicted molar refractivity (Wildman–Crippen MR) is 63.4 cm³/mol. The molecule has 0 aromatic carbocycles. The van der Waals surface area contributed by atoms with Crippen molar-refractivity contribution in [3.63, 3.8) is 0 Å². The van der Waals surface area contributed by atoms with Crippen LogP contribution in [0.3, 0.4) is 0 Å². The highest BCUT2D eigenvalue weighted by Gasteiger charge is 2.09. The van der Waals surface area contributed by atoms with Crippen LogP contribution in [0.4, 0.5) is 0 Å². The number of aryl methyl sites for hydroxylation is 1. The van der Waals surface area contributed by atoms with Gasteiger partial charge in [0.1, 0.15) is 4.60 Å². The van der Waals surface area contributed by atoms with Gasteiger partial charge in [0.25, 0.3) is 0 Å². The standard InChI is InChI=1S/C11H17BrN2/c1-5-10-6-9(7-11(12)13-10)8(2)14(3)4/h6-8H,5H2,1-4H3. The van der Waals surface area contributed by atoms with Crippen molar-refractivity contribution >= 4 is 15.9 Å². The maximum atomic E-state index is 4.39. The lowest BCUT2D eigenvalue weighted by molar-refractivity contribution is 0.320. The highest BCUT2D eigenvalue weighted by atomic mass is 79.9. The fraction of sp³-hybridized carbons (Fsp3) is 0.545. The summed E-state index contributed by atoms with van der Waals surface area (Å²) in [5.74, 6) is 0. The molecule has 1 unspecified atom stereocenters. The molecule has 1 rings (SSSR count). The van der Waals surface area contributed by atoms with Gasteiger partial charge in [0.2, 0.25) is 0 Å². The zero-order valence-corrected chi connectivity index (χ0v) is 10.8. The molecule has 0 fully saturated rings. The Morgan fingerprint density at radius 1 is 1.43 bits per heavy atom. The van der Waals surface area contributed by atoms with Crippen LogP contribution in [0.15, 0.2) is 16.7 Å². The largest absolute Gasteiger partial charge is 0.303 e. The summed E-state index contributed by atoms with van der Waals surface area (Å²) in [6, 6.07) is 4.69. The third-order valence-corrected chi connectivity index (χ3v) is 2.89. The van der Waals surface area contributed by atoms with Crippen molar-refractivity contribution in [2.75, 3.05) is 14.1 Å². The van der Waals surface area contributed by atoms with E-state index in [0.717, 1.165) is 16.7 Å². The summed E-state index contributed by atoms with van der Waals surface area (Å²) in [7, 11) is 4.18. The normalized spacial score (nSPS) is 13.3. The van der Waals surface area contributed by atoms with Crippen LogP contribution in [-0.4, -0.2) is 24.0 Å². The Morgan fingerprint density at radius 3 is 2.57 bits per heavy atom. The monoisotopic (exact) mass is 256 g/mol. The maximum Gasteiger partial charge on any atom is 0.106 e. The summed E-state index contributed by atoms with van der Waals surface area (Å²) in [6.45, 7) is 4.32. The number of hydrogen-bond donors (Lipinski definition) is 0. The molecule has 1 aromatic rings. The van der Waals surface area contributed by atoms with Crippen molar-refractivity contribution in [1.29, 1.82) is 0 Å². The average molecular weight is 257 g/mol. The molecule has 0 aliphatic heterocycles. The molecule has 0 aliphatic rings. The fourth-order valence-electron chi connectivity index (χ4n) is 1.29. The molecule has 3 heteroatoms. The Bertz CT molecular complexity index is 310. The summed E-state index contributed by atoms with van der Waals surface area (Å²) >= 11 is 3.44. The molecule has 14 heavy (non-hydrogen) atoms. The van der Waals surface area contributed by atoms with E-state index in [1.54, 1.807) is 0 Å². The Labute approximate surface area is 94.5 Å². The van der Waals surface area contributed by atoms with E-state index in [4.69, 9.17) is 0 Å². The van der Waals surface area contributed by atoms with Gasteiger partial charge in [-0.1, -0.05) is 6.92 Å². The number of pyridine rings is 1. The summed E-state index contributed by atoms with van der Waals surface area (Å²) < 4.78 is 0.931. The molecule has 1 aromatic heterocycles. The van der Waals surface area contributed by atoms with Gasteiger partial charge in [-0.05, 0) is 61.1 Å². The van der Waals surface area contributed by atoms with Crippen molar-refractivity contribution in [1.82, 2.24) is 9.88 Å². The minimum absolute atomic E-state index is 0.430. The van der Waals surface area contributed by atoms with Gasteiger partial charge < -0.3 is 4.90 Å². The number of hydrogen-bond acceptors (Lipinski definition) is 2. The van der Waals surface area contributed by atoms with Crippen molar-refractivity contribution in [2.24, 2.45) is 0 Å². The Hall–Kier alpha value is -0.410. The third-order valence-electron chi connectivity index (χ3n) is 2.49. The van der Waals surface area contributed by atoms with Gasteiger partial charge in [-0.2, -0.15) is 0 Å². The van der Waals surface area contributed by atoms with Gasteiger partial charge in [0, 0.05) is 11.7 Å². The van der Waals surface area contributed by atoms with E-state index in [9.17, 15) is 0 Å². The van der Waals surface area contributed by atoms with Crippen molar-refractivity contribution in [2.45, 2.75) is 26.3 Å². The average Bonchev–Trinajstić information content (AvgIpc) is 2.15. The predicted octanol–water partition coefficient (Wildman–Crippen LogP) is 3.03. The van der Waals surface area contributed by atoms with E-state index >= 15 is 0 Å². The van der Waals surface area contributed by atoms with Gasteiger partial charge >= 0.3 is 0 Å². The first-order valence-corrected chi connectivity index (χ1v) is 5.66. The molecule has 1 heterocycles. The van der Waals surface area contributed by atoms with Crippen molar-refractivity contribution in [3.05, 3.63) is 28.0 Å². The van der Waals surface area contributed by atoms with E-state index in [1.807, 2.05) is 0 Å². The summed E-state index contributed by atoms with van der Waals surface area (Å²) in [6.07, 6.45) is 0.979. The first-order valence-electron chi connectivity index (χ1n) is 4.87. The molecular formula is C11H17BrN2. The SMILES string of the molecule is CCc1cc(C(C)N(C)C)cc(Br)n1. The van der Waals surface area contributed by atoms with E-state index in [-0.39, 0.29) is 0 Å².